The van der Waals surface area contributed by atoms with Crippen molar-refractivity contribution in [3.8, 4) is 11.6 Å². The number of nitro groups is 1. The second-order valence-corrected chi connectivity index (χ2v) is 6.20. The van der Waals surface area contributed by atoms with Crippen molar-refractivity contribution in [3.63, 3.8) is 0 Å². The zero-order valence-corrected chi connectivity index (χ0v) is 14.2. The summed E-state index contributed by atoms with van der Waals surface area (Å²) in [5, 5.41) is 10.6. The summed E-state index contributed by atoms with van der Waals surface area (Å²) in [7, 11) is 0. The number of aromatic nitrogens is 1. The molecule has 8 nitrogen and oxygen atoms in total. The van der Waals surface area contributed by atoms with Crippen molar-refractivity contribution in [3.05, 3.63) is 58.3 Å². The lowest BCUT2D eigenvalue weighted by molar-refractivity contribution is -0.385. The van der Waals surface area contributed by atoms with Gasteiger partial charge in [0, 0.05) is 25.2 Å². The maximum atomic E-state index is 12.3. The molecule has 0 bridgehead atoms. The van der Waals surface area contributed by atoms with Crippen LogP contribution in [-0.4, -0.2) is 39.8 Å². The monoisotopic (exact) mass is 356 g/mol. The number of ether oxygens (including phenoxy) is 1. The minimum Gasteiger partial charge on any atom is -0.439 e. The van der Waals surface area contributed by atoms with E-state index in [0.29, 0.717) is 12.2 Å². The number of nitrogens with two attached hydrogens (primary N) is 1. The van der Waals surface area contributed by atoms with Crippen molar-refractivity contribution in [1.29, 1.82) is 0 Å². The smallest absolute Gasteiger partial charge is 0.287 e. The number of nitrogens with zero attached hydrogens (tertiary/aromatic N) is 3. The third kappa shape index (κ3) is 4.34. The molecule has 0 spiro atoms. The molecule has 3 rings (SSSR count). The van der Waals surface area contributed by atoms with Crippen LogP contribution in [0.1, 0.15) is 18.4 Å². The maximum absolute atomic E-state index is 12.3. The number of likely N-dealkylation sites (tertiary alicyclic amines) is 1. The van der Waals surface area contributed by atoms with E-state index < -0.39 is 11.0 Å². The predicted octanol–water partition coefficient (Wildman–Crippen LogP) is 2.27. The van der Waals surface area contributed by atoms with Crippen LogP contribution in [0.3, 0.4) is 0 Å². The topological polar surface area (TPSA) is 112 Å². The minimum absolute atomic E-state index is 0.00194. The van der Waals surface area contributed by atoms with Crippen molar-refractivity contribution in [2.24, 2.45) is 5.73 Å². The van der Waals surface area contributed by atoms with Gasteiger partial charge in [-0.25, -0.2) is 4.98 Å². The molecular formula is C18H20N4O4. The highest BCUT2D eigenvalue weighted by Crippen LogP contribution is 2.22. The SMILES string of the molecule is N[C@@H](Cc1ccc(Oc2ccc([N+](=O)[O-])cn2)cc1)C(=O)N1CCCC1. The second-order valence-electron chi connectivity index (χ2n) is 6.20. The van der Waals surface area contributed by atoms with Gasteiger partial charge in [-0.05, 0) is 37.0 Å². The molecule has 0 aliphatic carbocycles. The van der Waals surface area contributed by atoms with Gasteiger partial charge in [0.2, 0.25) is 11.8 Å². The molecule has 1 amide bonds. The highest BCUT2D eigenvalue weighted by molar-refractivity contribution is 5.82. The van der Waals surface area contributed by atoms with E-state index in [2.05, 4.69) is 4.98 Å². The highest BCUT2D eigenvalue weighted by atomic mass is 16.6. The van der Waals surface area contributed by atoms with Crippen LogP contribution in [0.4, 0.5) is 5.69 Å². The Kier molecular flexibility index (Phi) is 5.43. The summed E-state index contributed by atoms with van der Waals surface area (Å²) >= 11 is 0. The molecule has 8 heteroatoms. The molecule has 1 aromatic carbocycles. The van der Waals surface area contributed by atoms with Gasteiger partial charge in [0.05, 0.1) is 11.0 Å². The van der Waals surface area contributed by atoms with Gasteiger partial charge in [-0.1, -0.05) is 12.1 Å². The zero-order valence-electron chi connectivity index (χ0n) is 14.2. The minimum atomic E-state index is -0.545. The quantitative estimate of drug-likeness (QED) is 0.628. The van der Waals surface area contributed by atoms with Crippen LogP contribution in [0, 0.1) is 10.1 Å². The summed E-state index contributed by atoms with van der Waals surface area (Å²) in [4.78, 5) is 28.1. The number of benzene rings is 1. The van der Waals surface area contributed by atoms with E-state index in [1.807, 2.05) is 17.0 Å². The van der Waals surface area contributed by atoms with Crippen molar-refractivity contribution in [2.45, 2.75) is 25.3 Å². The van der Waals surface area contributed by atoms with Gasteiger partial charge in [-0.3, -0.25) is 14.9 Å². The van der Waals surface area contributed by atoms with E-state index >= 15 is 0 Å². The van der Waals surface area contributed by atoms with Crippen LogP contribution in [0.5, 0.6) is 11.6 Å². The number of hydrogen-bond donors (Lipinski definition) is 1. The fourth-order valence-electron chi connectivity index (χ4n) is 2.87. The number of pyridine rings is 1. The summed E-state index contributed by atoms with van der Waals surface area (Å²) < 4.78 is 5.56. The Morgan fingerprint density at radius 1 is 1.23 bits per heavy atom. The van der Waals surface area contributed by atoms with Crippen molar-refractivity contribution in [1.82, 2.24) is 9.88 Å². The van der Waals surface area contributed by atoms with Gasteiger partial charge in [-0.2, -0.15) is 0 Å². The standard InChI is InChI=1S/C18H20N4O4/c19-16(18(23)21-9-1-2-10-21)11-13-3-6-15(7-4-13)26-17-8-5-14(12-20-17)22(24)25/h3-8,12,16H,1-2,9-11,19H2/t16-/m0/s1. The summed E-state index contributed by atoms with van der Waals surface area (Å²) in [5.74, 6) is 0.816. The Hall–Kier alpha value is -3.00. The van der Waals surface area contributed by atoms with Gasteiger partial charge in [0.15, 0.2) is 0 Å². The van der Waals surface area contributed by atoms with Crippen LogP contribution < -0.4 is 10.5 Å². The van der Waals surface area contributed by atoms with Crippen molar-refractivity contribution in [2.75, 3.05) is 13.1 Å². The fourth-order valence-corrected chi connectivity index (χ4v) is 2.87. The fraction of sp³-hybridized carbons (Fsp3) is 0.333. The Balaban J connectivity index is 1.57. The van der Waals surface area contributed by atoms with E-state index in [0.717, 1.165) is 37.7 Å². The van der Waals surface area contributed by atoms with Crippen LogP contribution in [0.2, 0.25) is 0 Å². The molecule has 1 fully saturated rings. The molecule has 2 heterocycles. The number of carbonyl (C=O) groups excluding carboxylic acids is 1. The average molecular weight is 356 g/mol. The first-order valence-electron chi connectivity index (χ1n) is 8.44. The van der Waals surface area contributed by atoms with Gasteiger partial charge in [0.25, 0.3) is 5.69 Å². The molecule has 0 unspecified atom stereocenters. The summed E-state index contributed by atoms with van der Waals surface area (Å²) in [5.41, 5.74) is 6.89. The van der Waals surface area contributed by atoms with Gasteiger partial charge in [0.1, 0.15) is 11.9 Å². The van der Waals surface area contributed by atoms with Gasteiger partial charge >= 0.3 is 0 Å². The molecule has 26 heavy (non-hydrogen) atoms. The molecule has 0 radical (unpaired) electrons. The van der Waals surface area contributed by atoms with Crippen LogP contribution in [0.25, 0.3) is 0 Å². The first-order valence-corrected chi connectivity index (χ1v) is 8.44. The molecule has 1 aliphatic rings. The maximum Gasteiger partial charge on any atom is 0.287 e. The Bertz CT molecular complexity index is 771. The molecule has 136 valence electrons. The number of carbonyl (C=O) groups is 1. The van der Waals surface area contributed by atoms with Crippen molar-refractivity contribution >= 4 is 11.6 Å². The molecule has 1 aliphatic heterocycles. The number of rotatable bonds is 6. The molecular weight excluding hydrogens is 336 g/mol. The molecule has 2 N–H and O–H groups in total. The molecule has 1 aromatic heterocycles. The average Bonchev–Trinajstić information content (AvgIpc) is 3.18. The predicted molar refractivity (Wildman–Crippen MR) is 94.9 cm³/mol. The van der Waals surface area contributed by atoms with E-state index in [1.165, 1.54) is 12.1 Å². The van der Waals surface area contributed by atoms with E-state index in [4.69, 9.17) is 10.5 Å². The summed E-state index contributed by atoms with van der Waals surface area (Å²) in [6.07, 6.45) is 3.69. The summed E-state index contributed by atoms with van der Waals surface area (Å²) in [6, 6.07) is 9.43. The normalized spacial score (nSPS) is 14.9. The first kappa shape index (κ1) is 17.8. The van der Waals surface area contributed by atoms with Crippen molar-refractivity contribution < 1.29 is 14.5 Å². The third-order valence-electron chi connectivity index (χ3n) is 4.27. The van der Waals surface area contributed by atoms with Gasteiger partial charge in [-0.15, -0.1) is 0 Å². The van der Waals surface area contributed by atoms with Crippen LogP contribution in [-0.2, 0) is 11.2 Å². The Morgan fingerprint density at radius 3 is 2.50 bits per heavy atom. The zero-order chi connectivity index (χ0) is 18.5. The lowest BCUT2D eigenvalue weighted by Gasteiger charge is -2.20. The Labute approximate surface area is 150 Å². The molecule has 2 aromatic rings. The van der Waals surface area contributed by atoms with Crippen LogP contribution >= 0.6 is 0 Å². The Morgan fingerprint density at radius 2 is 1.92 bits per heavy atom. The third-order valence-corrected chi connectivity index (χ3v) is 4.27. The second kappa shape index (κ2) is 7.92. The first-order chi connectivity index (χ1) is 12.5. The van der Waals surface area contributed by atoms with Crippen LogP contribution in [0.15, 0.2) is 42.6 Å². The largest absolute Gasteiger partial charge is 0.439 e. The number of amides is 1. The highest BCUT2D eigenvalue weighted by Gasteiger charge is 2.23. The van der Waals surface area contributed by atoms with Gasteiger partial charge < -0.3 is 15.4 Å². The molecule has 1 saturated heterocycles. The number of hydrogen-bond acceptors (Lipinski definition) is 6. The van der Waals surface area contributed by atoms with E-state index in [1.54, 1.807) is 12.1 Å². The lowest BCUT2D eigenvalue weighted by atomic mass is 10.1. The molecule has 0 saturated carbocycles. The lowest BCUT2D eigenvalue weighted by Crippen LogP contribution is -2.43. The summed E-state index contributed by atoms with van der Waals surface area (Å²) in [6.45, 7) is 1.59. The van der Waals surface area contributed by atoms with E-state index in [-0.39, 0.29) is 17.5 Å². The molecule has 1 atom stereocenters. The van der Waals surface area contributed by atoms with E-state index in [9.17, 15) is 14.9 Å².